The molecule has 0 aromatic heterocycles. The highest BCUT2D eigenvalue weighted by Gasteiger charge is 2.56. The van der Waals surface area contributed by atoms with Crippen molar-refractivity contribution in [2.45, 2.75) is 50.1 Å². The number of carbonyl (C=O) groups is 4. The molecule has 11 heteroatoms. The Bertz CT molecular complexity index is 537. The first-order valence-electron chi connectivity index (χ1n) is 7.73. The molecular weight excluding hydrogens is 344 g/mol. The third-order valence-corrected chi connectivity index (χ3v) is 4.80. The van der Waals surface area contributed by atoms with Crippen LogP contribution in [0.5, 0.6) is 0 Å². The molecule has 1 saturated heterocycles. The van der Waals surface area contributed by atoms with Gasteiger partial charge in [0.05, 0.1) is 0 Å². The lowest BCUT2D eigenvalue weighted by Gasteiger charge is -2.48. The average Bonchev–Trinajstić information content (AvgIpc) is 2.59. The number of carboxylic acid groups (broad SMARTS) is 2. The van der Waals surface area contributed by atoms with Crippen LogP contribution in [0.3, 0.4) is 0 Å². The molecule has 2 N–H and O–H groups in total. The first-order chi connectivity index (χ1) is 11.8. The normalized spacial score (nSPS) is 37.1. The highest BCUT2D eigenvalue weighted by molar-refractivity contribution is 5.77. The molecule has 6 unspecified atom stereocenters. The molecule has 2 saturated carbocycles. The molecule has 138 valence electrons. The minimum absolute atomic E-state index is 0.182. The van der Waals surface area contributed by atoms with Crippen LogP contribution < -0.4 is 0 Å². The molecule has 0 amide bonds. The summed E-state index contributed by atoms with van der Waals surface area (Å²) in [6.45, 7) is 0. The van der Waals surface area contributed by atoms with Crippen LogP contribution in [0.4, 0.5) is 19.2 Å². The maximum Gasteiger partial charge on any atom is 0.518 e. The molecule has 11 nitrogen and oxygen atoms in total. The van der Waals surface area contributed by atoms with Crippen molar-refractivity contribution in [1.29, 1.82) is 0 Å². The van der Waals surface area contributed by atoms with Crippen LogP contribution in [0.1, 0.15) is 25.7 Å². The minimum atomic E-state index is -1.50. The number of cyclic esters (lactones) is 2. The Balaban J connectivity index is 1.96. The zero-order valence-corrected chi connectivity index (χ0v) is 12.9. The molecule has 0 radical (unpaired) electrons. The second-order valence-corrected chi connectivity index (χ2v) is 6.07. The number of fused-ring (bicyclic) bond motifs is 6. The van der Waals surface area contributed by atoms with E-state index in [1.54, 1.807) is 0 Å². The van der Waals surface area contributed by atoms with Crippen LogP contribution in [0.15, 0.2) is 0 Å². The number of hydrogen-bond donors (Lipinski definition) is 2. The molecule has 0 aromatic carbocycles. The van der Waals surface area contributed by atoms with Crippen molar-refractivity contribution in [3.05, 3.63) is 0 Å². The lowest BCUT2D eigenvalue weighted by Crippen LogP contribution is -2.57. The fourth-order valence-electron chi connectivity index (χ4n) is 4.07. The lowest BCUT2D eigenvalue weighted by molar-refractivity contribution is -0.158. The predicted molar refractivity (Wildman–Crippen MR) is 72.9 cm³/mol. The quantitative estimate of drug-likeness (QED) is 0.421. The molecule has 1 aliphatic heterocycles. The maximum atomic E-state index is 11.6. The lowest BCUT2D eigenvalue weighted by atomic mass is 9.65. The van der Waals surface area contributed by atoms with Gasteiger partial charge < -0.3 is 33.9 Å². The van der Waals surface area contributed by atoms with Crippen LogP contribution in [-0.4, -0.2) is 59.3 Å². The summed E-state index contributed by atoms with van der Waals surface area (Å²) in [5, 5.41) is 17.9. The molecule has 25 heavy (non-hydrogen) atoms. The van der Waals surface area contributed by atoms with Crippen LogP contribution in [-0.2, 0) is 23.7 Å². The van der Waals surface area contributed by atoms with Gasteiger partial charge in [0.15, 0.2) is 0 Å². The fourth-order valence-corrected chi connectivity index (χ4v) is 4.07. The van der Waals surface area contributed by atoms with E-state index in [9.17, 15) is 19.2 Å². The number of carbonyl (C=O) groups excluding carboxylic acids is 2. The molecule has 3 fully saturated rings. The van der Waals surface area contributed by atoms with E-state index < -0.39 is 60.9 Å². The summed E-state index contributed by atoms with van der Waals surface area (Å²) in [6.07, 6.45) is -7.92. The highest BCUT2D eigenvalue weighted by atomic mass is 16.8. The van der Waals surface area contributed by atoms with Gasteiger partial charge in [0.2, 0.25) is 0 Å². The molecule has 6 atom stereocenters. The number of rotatable bonds is 2. The van der Waals surface area contributed by atoms with Crippen molar-refractivity contribution in [2.75, 3.05) is 0 Å². The second-order valence-electron chi connectivity index (χ2n) is 6.07. The number of hydrogen-bond acceptors (Lipinski definition) is 9. The minimum Gasteiger partial charge on any atom is -0.450 e. The van der Waals surface area contributed by atoms with Gasteiger partial charge in [0.25, 0.3) is 0 Å². The Morgan fingerprint density at radius 3 is 1.56 bits per heavy atom. The summed E-state index contributed by atoms with van der Waals surface area (Å²) >= 11 is 0. The van der Waals surface area contributed by atoms with E-state index >= 15 is 0 Å². The van der Waals surface area contributed by atoms with E-state index in [2.05, 4.69) is 4.74 Å². The van der Waals surface area contributed by atoms with E-state index in [0.717, 1.165) is 0 Å². The van der Waals surface area contributed by atoms with E-state index in [4.69, 9.17) is 29.2 Å². The standard InChI is InChI=1S/C14H16O11/c15-11(16)21-5-1-2-6(22-12(17)18)10-8-4-3-7(9(5)10)23-13(19)25-14(20)24-8/h5-10H,1-4H2,(H,15,16)(H,17,18). The molecule has 1 heterocycles. The Morgan fingerprint density at radius 1 is 0.800 bits per heavy atom. The molecule has 2 bridgehead atoms. The largest absolute Gasteiger partial charge is 0.518 e. The van der Waals surface area contributed by atoms with Crippen LogP contribution >= 0.6 is 0 Å². The average molecular weight is 360 g/mol. The number of ether oxygens (including phenoxy) is 5. The summed E-state index contributed by atoms with van der Waals surface area (Å²) in [4.78, 5) is 45.2. The van der Waals surface area contributed by atoms with Gasteiger partial charge in [-0.2, -0.15) is 0 Å². The van der Waals surface area contributed by atoms with Crippen molar-refractivity contribution in [2.24, 2.45) is 11.8 Å². The molecule has 0 aromatic rings. The molecular formula is C14H16O11. The SMILES string of the molecule is O=C(O)OC1CCC(OC(=O)O)C2C3CCC(OC(=O)OC(=O)O3)C12. The Hall–Kier alpha value is -2.72. The molecule has 2 aliphatic carbocycles. The third kappa shape index (κ3) is 3.54. The summed E-state index contributed by atoms with van der Waals surface area (Å²) in [5.41, 5.74) is 0. The van der Waals surface area contributed by atoms with Gasteiger partial charge in [-0.05, 0) is 25.7 Å². The van der Waals surface area contributed by atoms with Crippen molar-refractivity contribution in [1.82, 2.24) is 0 Å². The zero-order chi connectivity index (χ0) is 18.1. The summed E-state index contributed by atoms with van der Waals surface area (Å²) in [7, 11) is 0. The topological polar surface area (TPSA) is 155 Å². The Morgan fingerprint density at radius 2 is 1.20 bits per heavy atom. The van der Waals surface area contributed by atoms with E-state index in [0.29, 0.717) is 0 Å². The summed E-state index contributed by atoms with van der Waals surface area (Å²) in [5.74, 6) is -1.43. The van der Waals surface area contributed by atoms with Gasteiger partial charge in [-0.25, -0.2) is 19.2 Å². The van der Waals surface area contributed by atoms with Crippen LogP contribution in [0.2, 0.25) is 0 Å². The monoisotopic (exact) mass is 360 g/mol. The van der Waals surface area contributed by atoms with Gasteiger partial charge in [0, 0.05) is 11.8 Å². The van der Waals surface area contributed by atoms with Crippen LogP contribution in [0, 0.1) is 11.8 Å². The predicted octanol–water partition coefficient (Wildman–Crippen LogP) is 1.97. The first-order valence-corrected chi connectivity index (χ1v) is 7.73. The van der Waals surface area contributed by atoms with Crippen LogP contribution in [0.25, 0.3) is 0 Å². The van der Waals surface area contributed by atoms with E-state index in [-0.39, 0.29) is 25.7 Å². The smallest absolute Gasteiger partial charge is 0.450 e. The van der Waals surface area contributed by atoms with Crippen molar-refractivity contribution in [3.63, 3.8) is 0 Å². The van der Waals surface area contributed by atoms with Gasteiger partial charge in [-0.3, -0.25) is 0 Å². The Kier molecular flexibility index (Phi) is 4.55. The summed E-state index contributed by atoms with van der Waals surface area (Å²) < 4.78 is 24.4. The van der Waals surface area contributed by atoms with Gasteiger partial charge in [-0.1, -0.05) is 0 Å². The maximum absolute atomic E-state index is 11.6. The van der Waals surface area contributed by atoms with Gasteiger partial charge in [0.1, 0.15) is 24.4 Å². The van der Waals surface area contributed by atoms with Crippen molar-refractivity contribution < 1.29 is 53.1 Å². The fraction of sp³-hybridized carbons (Fsp3) is 0.714. The van der Waals surface area contributed by atoms with Crippen molar-refractivity contribution >= 4 is 24.6 Å². The third-order valence-electron chi connectivity index (χ3n) is 4.80. The highest BCUT2D eigenvalue weighted by Crippen LogP contribution is 2.46. The zero-order valence-electron chi connectivity index (χ0n) is 12.9. The molecule has 0 spiro atoms. The van der Waals surface area contributed by atoms with Gasteiger partial charge in [-0.15, -0.1) is 0 Å². The summed E-state index contributed by atoms with van der Waals surface area (Å²) in [6, 6.07) is 0. The molecule has 3 rings (SSSR count). The van der Waals surface area contributed by atoms with E-state index in [1.807, 2.05) is 0 Å². The van der Waals surface area contributed by atoms with E-state index in [1.165, 1.54) is 0 Å². The van der Waals surface area contributed by atoms with Gasteiger partial charge >= 0.3 is 24.6 Å². The second kappa shape index (κ2) is 6.65. The molecule has 3 aliphatic rings. The first kappa shape index (κ1) is 17.1. The Labute approximate surface area is 140 Å². The van der Waals surface area contributed by atoms with Crippen molar-refractivity contribution in [3.8, 4) is 0 Å².